The van der Waals surface area contributed by atoms with Crippen LogP contribution < -0.4 is 5.43 Å². The number of aryl methyl sites for hydroxylation is 1. The maximum atomic E-state index is 4.57. The lowest BCUT2D eigenvalue weighted by Crippen LogP contribution is -1.99. The number of nitrogens with zero attached hydrogens (tertiary/aromatic N) is 2. The predicted molar refractivity (Wildman–Crippen MR) is 113 cm³/mol. The van der Waals surface area contributed by atoms with Crippen molar-refractivity contribution in [3.05, 3.63) is 69.5 Å². The van der Waals surface area contributed by atoms with Gasteiger partial charge in [0.2, 0.25) is 5.13 Å². The van der Waals surface area contributed by atoms with E-state index in [4.69, 9.17) is 0 Å². The van der Waals surface area contributed by atoms with Crippen LogP contribution >= 0.6 is 44.2 Å². The zero-order chi connectivity index (χ0) is 16.2. The third kappa shape index (κ3) is 4.75. The molecule has 0 spiro atoms. The maximum Gasteiger partial charge on any atom is 0.203 e. The molecule has 0 saturated heterocycles. The first kappa shape index (κ1) is 18.8. The molecule has 1 N–H and O–H groups in total. The van der Waals surface area contributed by atoms with Crippen LogP contribution in [-0.4, -0.2) is 10.7 Å². The van der Waals surface area contributed by atoms with E-state index in [2.05, 4.69) is 62.6 Å². The minimum absolute atomic E-state index is 0. The van der Waals surface area contributed by atoms with Gasteiger partial charge in [-0.15, -0.1) is 28.3 Å². The normalized spacial score (nSPS) is 11.0. The fourth-order valence-corrected chi connectivity index (χ4v) is 3.00. The fourth-order valence-electron chi connectivity index (χ4n) is 2.07. The number of nitrogens with one attached hydrogen (secondary N) is 1. The second-order valence-electron chi connectivity index (χ2n) is 5.22. The minimum atomic E-state index is 0. The first-order chi connectivity index (χ1) is 11.1. The molecule has 24 heavy (non-hydrogen) atoms. The van der Waals surface area contributed by atoms with Crippen molar-refractivity contribution in [1.82, 2.24) is 4.98 Å². The number of aromatic nitrogens is 1. The van der Waals surface area contributed by atoms with Crippen LogP contribution in [0.1, 0.15) is 18.1 Å². The zero-order valence-corrected chi connectivity index (χ0v) is 17.4. The predicted octanol–water partition coefficient (Wildman–Crippen LogP) is 6.30. The standard InChI is InChI=1S/C18H16BrN3S.BrH/c1-12-3-5-14(6-4-12)13(2)21-22-18-20-17(11-23-18)15-7-9-16(19)10-8-15;/h3-11H,1-2H3,(H,20,22);1H. The van der Waals surface area contributed by atoms with Crippen molar-refractivity contribution in [3.8, 4) is 11.3 Å². The van der Waals surface area contributed by atoms with Gasteiger partial charge < -0.3 is 0 Å². The summed E-state index contributed by atoms with van der Waals surface area (Å²) in [5.41, 5.74) is 8.38. The zero-order valence-electron chi connectivity index (χ0n) is 13.3. The van der Waals surface area contributed by atoms with E-state index in [1.54, 1.807) is 11.3 Å². The quantitative estimate of drug-likeness (QED) is 0.362. The van der Waals surface area contributed by atoms with E-state index < -0.39 is 0 Å². The maximum absolute atomic E-state index is 4.57. The van der Waals surface area contributed by atoms with E-state index in [9.17, 15) is 0 Å². The van der Waals surface area contributed by atoms with Crippen molar-refractivity contribution in [2.75, 3.05) is 5.43 Å². The van der Waals surface area contributed by atoms with Gasteiger partial charge in [-0.2, -0.15) is 5.10 Å². The number of thiazole rings is 1. The Balaban J connectivity index is 0.00000208. The summed E-state index contributed by atoms with van der Waals surface area (Å²) in [4.78, 5) is 4.57. The fraction of sp³-hybridized carbons (Fsp3) is 0.111. The lowest BCUT2D eigenvalue weighted by Gasteiger charge is -2.02. The molecule has 0 saturated carbocycles. The summed E-state index contributed by atoms with van der Waals surface area (Å²) in [6, 6.07) is 16.4. The molecule has 0 aliphatic heterocycles. The number of rotatable bonds is 4. The lowest BCUT2D eigenvalue weighted by atomic mass is 10.1. The Kier molecular flexibility index (Phi) is 6.71. The van der Waals surface area contributed by atoms with E-state index in [0.717, 1.165) is 32.1 Å². The topological polar surface area (TPSA) is 37.3 Å². The molecule has 0 unspecified atom stereocenters. The molecule has 1 heterocycles. The van der Waals surface area contributed by atoms with E-state index in [1.807, 2.05) is 36.6 Å². The second kappa shape index (κ2) is 8.55. The molecule has 0 radical (unpaired) electrons. The molecule has 0 bridgehead atoms. The number of hydrogen-bond donors (Lipinski definition) is 1. The Labute approximate surface area is 164 Å². The van der Waals surface area contributed by atoms with Gasteiger partial charge in [0.15, 0.2) is 0 Å². The number of anilines is 1. The summed E-state index contributed by atoms with van der Waals surface area (Å²) < 4.78 is 1.06. The van der Waals surface area contributed by atoms with Gasteiger partial charge in [0, 0.05) is 15.4 Å². The molecule has 3 aromatic rings. The molecular formula is C18H17Br2N3S. The van der Waals surface area contributed by atoms with E-state index >= 15 is 0 Å². The highest BCUT2D eigenvalue weighted by molar-refractivity contribution is 9.10. The smallest absolute Gasteiger partial charge is 0.203 e. The SMILES string of the molecule is Br.CC(=NNc1nc(-c2ccc(Br)cc2)cs1)c1ccc(C)cc1. The van der Waals surface area contributed by atoms with Crippen LogP contribution in [0, 0.1) is 6.92 Å². The number of hydrogen-bond acceptors (Lipinski definition) is 4. The summed E-state index contributed by atoms with van der Waals surface area (Å²) in [7, 11) is 0. The molecule has 2 aromatic carbocycles. The third-order valence-electron chi connectivity index (χ3n) is 3.43. The highest BCUT2D eigenvalue weighted by atomic mass is 79.9. The molecule has 1 aromatic heterocycles. The minimum Gasteiger partial charge on any atom is -0.252 e. The van der Waals surface area contributed by atoms with Crippen LogP contribution in [0.25, 0.3) is 11.3 Å². The first-order valence-electron chi connectivity index (χ1n) is 7.20. The Bertz CT molecular complexity index is 824. The van der Waals surface area contributed by atoms with Crippen LogP contribution in [0.5, 0.6) is 0 Å². The van der Waals surface area contributed by atoms with Crippen LogP contribution in [0.3, 0.4) is 0 Å². The third-order valence-corrected chi connectivity index (χ3v) is 4.71. The van der Waals surface area contributed by atoms with E-state index in [1.165, 1.54) is 5.56 Å². The van der Waals surface area contributed by atoms with Crippen molar-refractivity contribution in [1.29, 1.82) is 0 Å². The van der Waals surface area contributed by atoms with Crippen molar-refractivity contribution in [2.45, 2.75) is 13.8 Å². The average Bonchev–Trinajstić information content (AvgIpc) is 3.03. The van der Waals surface area contributed by atoms with Gasteiger partial charge in [-0.25, -0.2) is 4.98 Å². The molecule has 3 nitrogen and oxygen atoms in total. The molecule has 3 rings (SSSR count). The van der Waals surface area contributed by atoms with Gasteiger partial charge in [0.1, 0.15) is 0 Å². The van der Waals surface area contributed by atoms with Gasteiger partial charge in [0.05, 0.1) is 11.4 Å². The van der Waals surface area contributed by atoms with Crippen molar-refractivity contribution < 1.29 is 0 Å². The molecule has 0 atom stereocenters. The van der Waals surface area contributed by atoms with Gasteiger partial charge >= 0.3 is 0 Å². The molecule has 0 aliphatic rings. The van der Waals surface area contributed by atoms with Crippen molar-refractivity contribution in [3.63, 3.8) is 0 Å². The average molecular weight is 467 g/mol. The Hall–Kier alpha value is -1.50. The summed E-state index contributed by atoms with van der Waals surface area (Å²) in [6.45, 7) is 4.06. The number of benzene rings is 2. The second-order valence-corrected chi connectivity index (χ2v) is 6.99. The Morgan fingerprint density at radius 1 is 1.08 bits per heavy atom. The molecule has 0 fully saturated rings. The largest absolute Gasteiger partial charge is 0.252 e. The van der Waals surface area contributed by atoms with Gasteiger partial charge in [0.25, 0.3) is 0 Å². The molecular weight excluding hydrogens is 450 g/mol. The lowest BCUT2D eigenvalue weighted by molar-refractivity contribution is 1.27. The summed E-state index contributed by atoms with van der Waals surface area (Å²) in [5.74, 6) is 0. The van der Waals surface area contributed by atoms with Gasteiger partial charge in [-0.1, -0.05) is 57.9 Å². The van der Waals surface area contributed by atoms with Crippen LogP contribution in [0.2, 0.25) is 0 Å². The summed E-state index contributed by atoms with van der Waals surface area (Å²) >= 11 is 4.99. The van der Waals surface area contributed by atoms with E-state index in [-0.39, 0.29) is 17.0 Å². The first-order valence-corrected chi connectivity index (χ1v) is 8.88. The van der Waals surface area contributed by atoms with Gasteiger partial charge in [-0.05, 0) is 31.5 Å². The number of hydrazone groups is 1. The van der Waals surface area contributed by atoms with Crippen LogP contribution in [0.15, 0.2) is 63.5 Å². The van der Waals surface area contributed by atoms with Crippen molar-refractivity contribution >= 4 is 55.1 Å². The monoisotopic (exact) mass is 465 g/mol. The molecule has 124 valence electrons. The summed E-state index contributed by atoms with van der Waals surface area (Å²) in [5, 5.41) is 7.24. The van der Waals surface area contributed by atoms with Crippen molar-refractivity contribution in [2.24, 2.45) is 5.10 Å². The molecule has 6 heteroatoms. The highest BCUT2D eigenvalue weighted by Crippen LogP contribution is 2.26. The van der Waals surface area contributed by atoms with Crippen LogP contribution in [0.4, 0.5) is 5.13 Å². The van der Waals surface area contributed by atoms with Crippen LogP contribution in [-0.2, 0) is 0 Å². The Morgan fingerprint density at radius 2 is 1.75 bits per heavy atom. The molecule has 0 aliphatic carbocycles. The molecule has 0 amide bonds. The van der Waals surface area contributed by atoms with Gasteiger partial charge in [-0.3, -0.25) is 5.43 Å². The highest BCUT2D eigenvalue weighted by Gasteiger charge is 2.04. The van der Waals surface area contributed by atoms with E-state index in [0.29, 0.717) is 0 Å². The summed E-state index contributed by atoms with van der Waals surface area (Å²) in [6.07, 6.45) is 0. The number of halogens is 2. The Morgan fingerprint density at radius 3 is 2.42 bits per heavy atom.